The van der Waals surface area contributed by atoms with Crippen LogP contribution in [0.5, 0.6) is 0 Å². The van der Waals surface area contributed by atoms with E-state index in [1.54, 1.807) is 0 Å². The van der Waals surface area contributed by atoms with Gasteiger partial charge >= 0.3 is 0 Å². The van der Waals surface area contributed by atoms with Crippen LogP contribution in [-0.4, -0.2) is 36.4 Å². The van der Waals surface area contributed by atoms with Crippen LogP contribution >= 0.6 is 0 Å². The minimum absolute atomic E-state index is 0.121. The van der Waals surface area contributed by atoms with Crippen molar-refractivity contribution < 1.29 is 9.28 Å². The number of ketones is 1. The zero-order valence-corrected chi connectivity index (χ0v) is 8.33. The van der Waals surface area contributed by atoms with Gasteiger partial charge in [-0.3, -0.25) is 4.79 Å². The van der Waals surface area contributed by atoms with Gasteiger partial charge in [0.25, 0.3) is 0 Å². The molecule has 72 valence electrons. The second kappa shape index (κ2) is 3.88. The van der Waals surface area contributed by atoms with Crippen molar-refractivity contribution in [1.29, 1.82) is 0 Å². The molecule has 0 aromatic rings. The Labute approximate surface area is 80.1 Å². The van der Waals surface area contributed by atoms with Crippen LogP contribution in [0, 0.1) is 0 Å². The Morgan fingerprint density at radius 2 is 2.31 bits per heavy atom. The SMILES string of the molecule is C=CC[N+]1(C)CCCC1C(=O)C=C. The van der Waals surface area contributed by atoms with Gasteiger partial charge in [0.15, 0.2) is 6.04 Å². The third-order valence-electron chi connectivity index (χ3n) is 2.97. The van der Waals surface area contributed by atoms with Crippen LogP contribution in [-0.2, 0) is 4.79 Å². The van der Waals surface area contributed by atoms with Gasteiger partial charge in [-0.15, -0.1) is 0 Å². The lowest BCUT2D eigenvalue weighted by Gasteiger charge is -2.33. The quantitative estimate of drug-likeness (QED) is 0.364. The molecule has 1 aliphatic heterocycles. The fourth-order valence-corrected chi connectivity index (χ4v) is 2.21. The molecular weight excluding hydrogens is 162 g/mol. The molecule has 0 aromatic carbocycles. The maximum Gasteiger partial charge on any atom is 0.212 e. The molecule has 1 saturated heterocycles. The monoisotopic (exact) mass is 180 g/mol. The molecule has 0 spiro atoms. The number of likely N-dealkylation sites (N-methyl/N-ethyl adjacent to an activating group) is 1. The second-order valence-corrected chi connectivity index (χ2v) is 3.94. The topological polar surface area (TPSA) is 17.1 Å². The van der Waals surface area contributed by atoms with Crippen molar-refractivity contribution in [2.45, 2.75) is 18.9 Å². The molecule has 1 rings (SSSR count). The number of rotatable bonds is 4. The predicted molar refractivity (Wildman–Crippen MR) is 54.3 cm³/mol. The Balaban J connectivity index is 2.78. The van der Waals surface area contributed by atoms with E-state index < -0.39 is 0 Å². The van der Waals surface area contributed by atoms with Gasteiger partial charge in [0, 0.05) is 12.8 Å². The van der Waals surface area contributed by atoms with Crippen molar-refractivity contribution in [1.82, 2.24) is 0 Å². The number of carbonyl (C=O) groups excluding carboxylic acids is 1. The smallest absolute Gasteiger partial charge is 0.212 e. The lowest BCUT2D eigenvalue weighted by atomic mass is 10.1. The Morgan fingerprint density at radius 3 is 2.85 bits per heavy atom. The van der Waals surface area contributed by atoms with Crippen LogP contribution in [0.3, 0.4) is 0 Å². The Hall–Kier alpha value is -0.890. The number of quaternary nitrogens is 1. The molecule has 2 nitrogen and oxygen atoms in total. The van der Waals surface area contributed by atoms with E-state index >= 15 is 0 Å². The highest BCUT2D eigenvalue weighted by atomic mass is 16.1. The summed E-state index contributed by atoms with van der Waals surface area (Å²) in [5.74, 6) is 0.182. The Morgan fingerprint density at radius 1 is 1.62 bits per heavy atom. The van der Waals surface area contributed by atoms with Gasteiger partial charge in [0.05, 0.1) is 20.1 Å². The van der Waals surface area contributed by atoms with E-state index in [9.17, 15) is 4.79 Å². The lowest BCUT2D eigenvalue weighted by Crippen LogP contribution is -2.51. The highest BCUT2D eigenvalue weighted by molar-refractivity contribution is 5.93. The molecule has 0 aliphatic carbocycles. The highest BCUT2D eigenvalue weighted by Crippen LogP contribution is 2.25. The molecule has 1 heterocycles. The third-order valence-corrected chi connectivity index (χ3v) is 2.97. The molecule has 1 fully saturated rings. The average Bonchev–Trinajstić information content (AvgIpc) is 2.47. The maximum atomic E-state index is 11.5. The zero-order chi connectivity index (χ0) is 9.90. The van der Waals surface area contributed by atoms with Gasteiger partial charge < -0.3 is 4.48 Å². The number of carbonyl (C=O) groups is 1. The molecule has 0 N–H and O–H groups in total. The average molecular weight is 180 g/mol. The van der Waals surface area contributed by atoms with Crippen molar-refractivity contribution >= 4 is 5.78 Å². The van der Waals surface area contributed by atoms with E-state index in [1.807, 2.05) is 6.08 Å². The van der Waals surface area contributed by atoms with E-state index in [-0.39, 0.29) is 11.8 Å². The summed E-state index contributed by atoms with van der Waals surface area (Å²) in [5.41, 5.74) is 0. The number of hydrogen-bond donors (Lipinski definition) is 0. The van der Waals surface area contributed by atoms with Gasteiger partial charge in [-0.25, -0.2) is 0 Å². The summed E-state index contributed by atoms with van der Waals surface area (Å²) >= 11 is 0. The molecule has 0 aromatic heterocycles. The van der Waals surface area contributed by atoms with Gasteiger partial charge in [-0.2, -0.15) is 0 Å². The number of hydrogen-bond acceptors (Lipinski definition) is 1. The van der Waals surface area contributed by atoms with Gasteiger partial charge in [0.2, 0.25) is 5.78 Å². The van der Waals surface area contributed by atoms with E-state index in [4.69, 9.17) is 0 Å². The molecule has 0 amide bonds. The van der Waals surface area contributed by atoms with Crippen molar-refractivity contribution in [3.05, 3.63) is 25.3 Å². The minimum atomic E-state index is 0.121. The summed E-state index contributed by atoms with van der Waals surface area (Å²) in [6.07, 6.45) is 5.48. The first-order chi connectivity index (χ1) is 6.14. The molecule has 2 atom stereocenters. The molecule has 2 unspecified atom stereocenters. The van der Waals surface area contributed by atoms with Gasteiger partial charge in [-0.1, -0.05) is 13.2 Å². The fourth-order valence-electron chi connectivity index (χ4n) is 2.21. The van der Waals surface area contributed by atoms with Crippen molar-refractivity contribution in [3.63, 3.8) is 0 Å². The zero-order valence-electron chi connectivity index (χ0n) is 8.33. The van der Waals surface area contributed by atoms with Crippen LogP contribution in [0.2, 0.25) is 0 Å². The molecule has 0 saturated carbocycles. The Kier molecular flexibility index (Phi) is 3.04. The summed E-state index contributed by atoms with van der Waals surface area (Å²) in [7, 11) is 2.13. The Bertz CT molecular complexity index is 234. The third kappa shape index (κ3) is 1.89. The maximum absolute atomic E-state index is 11.5. The standard InChI is InChI=1S/C11H18NO/c1-4-8-12(3)9-6-7-10(12)11(13)5-2/h4-5,10H,1-2,6-9H2,3H3/q+1. The van der Waals surface area contributed by atoms with E-state index in [1.165, 1.54) is 6.08 Å². The number of likely N-dealkylation sites (tertiary alicyclic amines) is 1. The minimum Gasteiger partial charge on any atom is -0.314 e. The van der Waals surface area contributed by atoms with Crippen LogP contribution in [0.15, 0.2) is 25.3 Å². The van der Waals surface area contributed by atoms with E-state index in [0.29, 0.717) is 0 Å². The van der Waals surface area contributed by atoms with E-state index in [0.717, 1.165) is 30.4 Å². The van der Waals surface area contributed by atoms with E-state index in [2.05, 4.69) is 20.2 Å². The van der Waals surface area contributed by atoms with Crippen molar-refractivity contribution in [2.24, 2.45) is 0 Å². The van der Waals surface area contributed by atoms with Crippen LogP contribution in [0.1, 0.15) is 12.8 Å². The summed E-state index contributed by atoms with van der Waals surface area (Å²) in [5, 5.41) is 0. The summed E-state index contributed by atoms with van der Waals surface area (Å²) in [4.78, 5) is 11.5. The first-order valence-electron chi connectivity index (χ1n) is 4.75. The first-order valence-corrected chi connectivity index (χ1v) is 4.75. The van der Waals surface area contributed by atoms with Crippen LogP contribution < -0.4 is 0 Å². The van der Waals surface area contributed by atoms with Crippen molar-refractivity contribution in [2.75, 3.05) is 20.1 Å². The lowest BCUT2D eigenvalue weighted by molar-refractivity contribution is -0.906. The van der Waals surface area contributed by atoms with Crippen LogP contribution in [0.4, 0.5) is 0 Å². The van der Waals surface area contributed by atoms with Gasteiger partial charge in [-0.05, 0) is 12.2 Å². The molecule has 0 radical (unpaired) electrons. The van der Waals surface area contributed by atoms with Crippen molar-refractivity contribution in [3.8, 4) is 0 Å². The van der Waals surface area contributed by atoms with Crippen LogP contribution in [0.25, 0.3) is 0 Å². The van der Waals surface area contributed by atoms with Gasteiger partial charge in [0.1, 0.15) is 0 Å². The molecule has 13 heavy (non-hydrogen) atoms. The fraction of sp³-hybridized carbons (Fsp3) is 0.545. The number of nitrogens with zero attached hydrogens (tertiary/aromatic N) is 1. The summed E-state index contributed by atoms with van der Waals surface area (Å²) < 4.78 is 0.814. The normalized spacial score (nSPS) is 32.8. The summed E-state index contributed by atoms with van der Waals surface area (Å²) in [6.45, 7) is 9.24. The second-order valence-electron chi connectivity index (χ2n) is 3.94. The molecule has 2 heteroatoms. The molecule has 1 aliphatic rings. The largest absolute Gasteiger partial charge is 0.314 e. The first kappa shape index (κ1) is 10.2. The summed E-state index contributed by atoms with van der Waals surface area (Å²) in [6, 6.07) is 0.121. The molecular formula is C11H18NO+. The highest BCUT2D eigenvalue weighted by Gasteiger charge is 2.40. The molecule has 0 bridgehead atoms. The predicted octanol–water partition coefficient (Wildman–Crippen LogP) is 1.54.